The first kappa shape index (κ1) is 21.8. The second-order valence-electron chi connectivity index (χ2n) is 6.18. The molecule has 3 aromatic rings. The molecule has 0 spiro atoms. The van der Waals surface area contributed by atoms with Crippen molar-refractivity contribution in [3.8, 4) is 22.6 Å². The van der Waals surface area contributed by atoms with E-state index in [0.717, 1.165) is 12.1 Å². The minimum atomic E-state index is -4.48. The summed E-state index contributed by atoms with van der Waals surface area (Å²) >= 11 is 0. The standard InChI is InChI=1S/C19H17F4N3O.ClH/c1-11(24-2)8-17-25-18(27-26-17)16-10-14(20)6-7-15(16)12-4-3-5-13(9-12)19(21,22)23;/h3-7,9-11,24H,8H2,1-2H3;1H. The summed E-state index contributed by atoms with van der Waals surface area (Å²) in [6, 6.07) is 8.68. The van der Waals surface area contributed by atoms with E-state index in [1.165, 1.54) is 30.3 Å². The average molecular weight is 416 g/mol. The van der Waals surface area contributed by atoms with E-state index in [0.29, 0.717) is 17.8 Å². The van der Waals surface area contributed by atoms with Gasteiger partial charge in [-0.2, -0.15) is 18.2 Å². The SMILES string of the molecule is CNC(C)Cc1noc(-c2cc(F)ccc2-c2cccc(C(F)(F)F)c2)n1.Cl. The molecule has 0 saturated heterocycles. The first-order valence-electron chi connectivity index (χ1n) is 8.25. The summed E-state index contributed by atoms with van der Waals surface area (Å²) in [4.78, 5) is 4.26. The van der Waals surface area contributed by atoms with Crippen LogP contribution in [0.3, 0.4) is 0 Å². The van der Waals surface area contributed by atoms with Crippen LogP contribution >= 0.6 is 12.4 Å². The van der Waals surface area contributed by atoms with Gasteiger partial charge in [-0.3, -0.25) is 0 Å². The Morgan fingerprint density at radius 3 is 2.54 bits per heavy atom. The molecule has 0 aliphatic heterocycles. The first-order chi connectivity index (χ1) is 12.8. The maximum absolute atomic E-state index is 13.8. The fraction of sp³-hybridized carbons (Fsp3) is 0.263. The maximum atomic E-state index is 13.8. The van der Waals surface area contributed by atoms with Crippen molar-refractivity contribution in [3.63, 3.8) is 0 Å². The number of halogens is 5. The van der Waals surface area contributed by atoms with Crippen LogP contribution in [0.25, 0.3) is 22.6 Å². The van der Waals surface area contributed by atoms with Crippen molar-refractivity contribution in [1.29, 1.82) is 0 Å². The highest BCUT2D eigenvalue weighted by Gasteiger charge is 2.30. The van der Waals surface area contributed by atoms with E-state index in [1.807, 2.05) is 6.92 Å². The Bertz CT molecular complexity index is 943. The van der Waals surface area contributed by atoms with Crippen LogP contribution in [-0.4, -0.2) is 23.2 Å². The minimum Gasteiger partial charge on any atom is -0.334 e. The molecule has 3 rings (SSSR count). The number of rotatable bonds is 5. The van der Waals surface area contributed by atoms with Crippen molar-refractivity contribution in [3.05, 3.63) is 59.7 Å². The van der Waals surface area contributed by atoms with Gasteiger partial charge in [0.15, 0.2) is 5.82 Å². The Kier molecular flexibility index (Phi) is 6.79. The molecule has 150 valence electrons. The summed E-state index contributed by atoms with van der Waals surface area (Å²) < 4.78 is 58.1. The largest absolute Gasteiger partial charge is 0.416 e. The molecule has 9 heteroatoms. The van der Waals surface area contributed by atoms with E-state index < -0.39 is 17.6 Å². The van der Waals surface area contributed by atoms with Crippen LogP contribution in [-0.2, 0) is 12.6 Å². The van der Waals surface area contributed by atoms with E-state index in [4.69, 9.17) is 4.52 Å². The Morgan fingerprint density at radius 2 is 1.86 bits per heavy atom. The normalized spacial score (nSPS) is 12.5. The third-order valence-electron chi connectivity index (χ3n) is 4.16. The second kappa shape index (κ2) is 8.70. The van der Waals surface area contributed by atoms with E-state index in [-0.39, 0.29) is 35.5 Å². The van der Waals surface area contributed by atoms with Crippen LogP contribution in [0.1, 0.15) is 18.3 Å². The van der Waals surface area contributed by atoms with Gasteiger partial charge in [-0.25, -0.2) is 4.39 Å². The van der Waals surface area contributed by atoms with Gasteiger partial charge in [-0.15, -0.1) is 12.4 Å². The molecule has 2 aromatic carbocycles. The molecule has 0 fully saturated rings. The molecule has 1 atom stereocenters. The minimum absolute atomic E-state index is 0. The zero-order valence-corrected chi connectivity index (χ0v) is 15.9. The number of likely N-dealkylation sites (N-methyl/N-ethyl adjacent to an activating group) is 1. The van der Waals surface area contributed by atoms with Gasteiger partial charge in [0.25, 0.3) is 5.89 Å². The predicted molar refractivity (Wildman–Crippen MR) is 99.6 cm³/mol. The maximum Gasteiger partial charge on any atom is 0.416 e. The van der Waals surface area contributed by atoms with Gasteiger partial charge < -0.3 is 9.84 Å². The molecule has 0 bridgehead atoms. The molecule has 0 saturated carbocycles. The summed E-state index contributed by atoms with van der Waals surface area (Å²) in [5.74, 6) is -0.0737. The third kappa shape index (κ3) is 4.88. The summed E-state index contributed by atoms with van der Waals surface area (Å²) in [5, 5.41) is 6.91. The summed E-state index contributed by atoms with van der Waals surface area (Å²) in [5.41, 5.74) is 0.108. The molecular formula is C19H18ClF4N3O. The Labute approximate surface area is 165 Å². The molecule has 0 aliphatic rings. The van der Waals surface area contributed by atoms with Gasteiger partial charge in [-0.05, 0) is 49.4 Å². The van der Waals surface area contributed by atoms with Gasteiger partial charge in [0, 0.05) is 12.5 Å². The van der Waals surface area contributed by atoms with Crippen molar-refractivity contribution >= 4 is 12.4 Å². The zero-order chi connectivity index (χ0) is 19.6. The smallest absolute Gasteiger partial charge is 0.334 e. The van der Waals surface area contributed by atoms with E-state index in [9.17, 15) is 17.6 Å². The number of hydrogen-bond donors (Lipinski definition) is 1. The van der Waals surface area contributed by atoms with Gasteiger partial charge >= 0.3 is 6.18 Å². The fourth-order valence-corrected chi connectivity index (χ4v) is 2.63. The number of nitrogens with zero attached hydrogens (tertiary/aromatic N) is 2. The summed E-state index contributed by atoms with van der Waals surface area (Å²) in [6.45, 7) is 1.94. The van der Waals surface area contributed by atoms with Gasteiger partial charge in [0.05, 0.1) is 11.1 Å². The number of hydrogen-bond acceptors (Lipinski definition) is 4. The van der Waals surface area contributed by atoms with Gasteiger partial charge in [-0.1, -0.05) is 23.4 Å². The van der Waals surface area contributed by atoms with Crippen LogP contribution in [0, 0.1) is 5.82 Å². The summed E-state index contributed by atoms with van der Waals surface area (Å²) in [7, 11) is 1.80. The van der Waals surface area contributed by atoms with Gasteiger partial charge in [0.1, 0.15) is 5.82 Å². The second-order valence-corrected chi connectivity index (χ2v) is 6.18. The van der Waals surface area contributed by atoms with Gasteiger partial charge in [0.2, 0.25) is 0 Å². The van der Waals surface area contributed by atoms with Crippen LogP contribution in [0.15, 0.2) is 47.0 Å². The average Bonchev–Trinajstić information content (AvgIpc) is 3.09. The van der Waals surface area contributed by atoms with Crippen LogP contribution < -0.4 is 5.32 Å². The molecule has 0 amide bonds. The number of benzene rings is 2. The first-order valence-corrected chi connectivity index (χ1v) is 8.25. The summed E-state index contributed by atoms with van der Waals surface area (Å²) in [6.07, 6.45) is -3.98. The number of alkyl halides is 3. The van der Waals surface area contributed by atoms with Crippen molar-refractivity contribution in [2.24, 2.45) is 0 Å². The highest BCUT2D eigenvalue weighted by atomic mass is 35.5. The van der Waals surface area contributed by atoms with E-state index in [1.54, 1.807) is 7.05 Å². The van der Waals surface area contributed by atoms with Crippen molar-refractivity contribution in [1.82, 2.24) is 15.5 Å². The molecule has 1 unspecified atom stereocenters. The van der Waals surface area contributed by atoms with Crippen LogP contribution in [0.5, 0.6) is 0 Å². The highest BCUT2D eigenvalue weighted by molar-refractivity contribution is 5.85. The highest BCUT2D eigenvalue weighted by Crippen LogP contribution is 2.36. The lowest BCUT2D eigenvalue weighted by Gasteiger charge is -2.11. The van der Waals surface area contributed by atoms with Crippen molar-refractivity contribution in [2.45, 2.75) is 25.6 Å². The molecule has 1 heterocycles. The molecule has 0 radical (unpaired) electrons. The Balaban J connectivity index is 0.00000280. The Hall–Kier alpha value is -2.45. The molecular weight excluding hydrogens is 398 g/mol. The molecule has 0 aliphatic carbocycles. The van der Waals surface area contributed by atoms with E-state index in [2.05, 4.69) is 15.5 Å². The Morgan fingerprint density at radius 1 is 1.11 bits per heavy atom. The van der Waals surface area contributed by atoms with Crippen LogP contribution in [0.2, 0.25) is 0 Å². The predicted octanol–water partition coefficient (Wildman–Crippen LogP) is 5.13. The lowest BCUT2D eigenvalue weighted by molar-refractivity contribution is -0.137. The monoisotopic (exact) mass is 415 g/mol. The fourth-order valence-electron chi connectivity index (χ4n) is 2.63. The molecule has 1 aromatic heterocycles. The third-order valence-corrected chi connectivity index (χ3v) is 4.16. The molecule has 4 nitrogen and oxygen atoms in total. The topological polar surface area (TPSA) is 51.0 Å². The van der Waals surface area contributed by atoms with Crippen LogP contribution in [0.4, 0.5) is 17.6 Å². The van der Waals surface area contributed by atoms with Crippen molar-refractivity contribution < 1.29 is 22.1 Å². The number of nitrogens with one attached hydrogen (secondary N) is 1. The lowest BCUT2D eigenvalue weighted by Crippen LogP contribution is -2.24. The van der Waals surface area contributed by atoms with Crippen molar-refractivity contribution in [2.75, 3.05) is 7.05 Å². The number of aromatic nitrogens is 2. The quantitative estimate of drug-likeness (QED) is 0.587. The zero-order valence-electron chi connectivity index (χ0n) is 15.0. The molecule has 1 N–H and O–H groups in total. The molecule has 28 heavy (non-hydrogen) atoms. The lowest BCUT2D eigenvalue weighted by atomic mass is 9.97. The van der Waals surface area contributed by atoms with E-state index >= 15 is 0 Å².